The first kappa shape index (κ1) is 17.2. The van der Waals surface area contributed by atoms with E-state index in [-0.39, 0.29) is 12.5 Å². The number of hydrogen-bond acceptors (Lipinski definition) is 6. The second-order valence-electron chi connectivity index (χ2n) is 5.36. The Hall–Kier alpha value is -3.61. The molecule has 0 aliphatic rings. The third-order valence-corrected chi connectivity index (χ3v) is 3.55. The second kappa shape index (κ2) is 7.52. The van der Waals surface area contributed by atoms with Crippen LogP contribution >= 0.6 is 0 Å². The SMILES string of the molecule is COC(=O)c1ccc(NC(=O)COc2ccc3ccc(=O)oc3c2)cc1. The molecule has 3 aromatic rings. The van der Waals surface area contributed by atoms with Crippen LogP contribution in [0.5, 0.6) is 5.75 Å². The minimum Gasteiger partial charge on any atom is -0.484 e. The average Bonchev–Trinajstić information content (AvgIpc) is 2.66. The lowest BCUT2D eigenvalue weighted by molar-refractivity contribution is -0.118. The molecular formula is C19H15NO6. The number of fused-ring (bicyclic) bond motifs is 1. The van der Waals surface area contributed by atoms with Gasteiger partial charge in [-0.05, 0) is 42.5 Å². The highest BCUT2D eigenvalue weighted by Gasteiger charge is 2.08. The molecule has 0 bridgehead atoms. The fourth-order valence-electron chi connectivity index (χ4n) is 2.28. The molecule has 0 unspecified atom stereocenters. The Kier molecular flexibility index (Phi) is 4.98. The number of rotatable bonds is 5. The number of benzene rings is 2. The van der Waals surface area contributed by atoms with Crippen LogP contribution in [0.25, 0.3) is 11.0 Å². The lowest BCUT2D eigenvalue weighted by atomic mass is 10.2. The zero-order valence-corrected chi connectivity index (χ0v) is 13.9. The second-order valence-corrected chi connectivity index (χ2v) is 5.36. The fraction of sp³-hybridized carbons (Fsp3) is 0.105. The van der Waals surface area contributed by atoms with Crippen LogP contribution in [0.3, 0.4) is 0 Å². The van der Waals surface area contributed by atoms with Gasteiger partial charge in [0.05, 0.1) is 12.7 Å². The molecule has 0 spiro atoms. The van der Waals surface area contributed by atoms with Gasteiger partial charge in [-0.1, -0.05) is 0 Å². The van der Waals surface area contributed by atoms with Crippen molar-refractivity contribution in [1.82, 2.24) is 0 Å². The summed E-state index contributed by atoms with van der Waals surface area (Å²) >= 11 is 0. The van der Waals surface area contributed by atoms with Crippen molar-refractivity contribution in [3.05, 3.63) is 70.6 Å². The topological polar surface area (TPSA) is 94.8 Å². The van der Waals surface area contributed by atoms with Gasteiger partial charge in [0.25, 0.3) is 5.91 Å². The summed E-state index contributed by atoms with van der Waals surface area (Å²) < 4.78 is 15.1. The van der Waals surface area contributed by atoms with Crippen molar-refractivity contribution in [2.75, 3.05) is 19.0 Å². The van der Waals surface area contributed by atoms with Gasteiger partial charge in [0.2, 0.25) is 0 Å². The van der Waals surface area contributed by atoms with Crippen molar-refractivity contribution in [3.63, 3.8) is 0 Å². The highest BCUT2D eigenvalue weighted by Crippen LogP contribution is 2.19. The monoisotopic (exact) mass is 353 g/mol. The van der Waals surface area contributed by atoms with E-state index < -0.39 is 11.6 Å². The van der Waals surface area contributed by atoms with Gasteiger partial charge in [0.1, 0.15) is 11.3 Å². The highest BCUT2D eigenvalue weighted by atomic mass is 16.5. The summed E-state index contributed by atoms with van der Waals surface area (Å²) in [5.74, 6) is -0.414. The van der Waals surface area contributed by atoms with Crippen LogP contribution in [-0.4, -0.2) is 25.6 Å². The maximum atomic E-state index is 12.0. The Balaban J connectivity index is 1.60. The number of carbonyl (C=O) groups excluding carboxylic acids is 2. The third-order valence-electron chi connectivity index (χ3n) is 3.55. The number of anilines is 1. The number of esters is 1. The van der Waals surface area contributed by atoms with Crippen molar-refractivity contribution < 1.29 is 23.5 Å². The molecule has 0 aliphatic heterocycles. The smallest absolute Gasteiger partial charge is 0.337 e. The molecule has 7 heteroatoms. The van der Waals surface area contributed by atoms with Crippen LogP contribution in [0, 0.1) is 0 Å². The summed E-state index contributed by atoms with van der Waals surface area (Å²) in [4.78, 5) is 34.6. The number of methoxy groups -OCH3 is 1. The molecule has 1 aromatic heterocycles. The summed E-state index contributed by atoms with van der Waals surface area (Å²) in [5, 5.41) is 3.41. The Morgan fingerprint density at radius 1 is 1.04 bits per heavy atom. The molecule has 0 fully saturated rings. The Bertz CT molecular complexity index is 1010. The third kappa shape index (κ3) is 4.07. The molecule has 0 atom stereocenters. The van der Waals surface area contributed by atoms with Crippen molar-refractivity contribution in [2.45, 2.75) is 0 Å². The van der Waals surface area contributed by atoms with E-state index in [0.29, 0.717) is 22.6 Å². The highest BCUT2D eigenvalue weighted by molar-refractivity contribution is 5.93. The summed E-state index contributed by atoms with van der Waals surface area (Å²) in [7, 11) is 1.30. The molecule has 26 heavy (non-hydrogen) atoms. The van der Waals surface area contributed by atoms with Crippen molar-refractivity contribution in [3.8, 4) is 5.75 Å². The maximum absolute atomic E-state index is 12.0. The lowest BCUT2D eigenvalue weighted by Gasteiger charge is -2.08. The van der Waals surface area contributed by atoms with E-state index in [1.807, 2.05) is 0 Å². The molecule has 2 aromatic carbocycles. The number of hydrogen-bond donors (Lipinski definition) is 1. The molecular weight excluding hydrogens is 338 g/mol. The van der Waals surface area contributed by atoms with Crippen LogP contribution in [-0.2, 0) is 9.53 Å². The molecule has 0 saturated carbocycles. The van der Waals surface area contributed by atoms with Crippen LogP contribution in [0.4, 0.5) is 5.69 Å². The summed E-state index contributed by atoms with van der Waals surface area (Å²) in [5.41, 5.74) is 0.840. The zero-order chi connectivity index (χ0) is 18.5. The molecule has 0 saturated heterocycles. The van der Waals surface area contributed by atoms with Gasteiger partial charge in [0, 0.05) is 23.2 Å². The van der Waals surface area contributed by atoms with Crippen molar-refractivity contribution in [1.29, 1.82) is 0 Å². The average molecular weight is 353 g/mol. The maximum Gasteiger partial charge on any atom is 0.337 e. The molecule has 1 N–H and O–H groups in total. The Morgan fingerprint density at radius 2 is 1.77 bits per heavy atom. The molecule has 0 aliphatic carbocycles. The van der Waals surface area contributed by atoms with Crippen molar-refractivity contribution >= 4 is 28.5 Å². The van der Waals surface area contributed by atoms with Crippen LogP contribution in [0.1, 0.15) is 10.4 Å². The van der Waals surface area contributed by atoms with E-state index >= 15 is 0 Å². The number of nitrogens with one attached hydrogen (secondary N) is 1. The Morgan fingerprint density at radius 3 is 2.50 bits per heavy atom. The van der Waals surface area contributed by atoms with E-state index in [0.717, 1.165) is 5.39 Å². The zero-order valence-electron chi connectivity index (χ0n) is 13.9. The van der Waals surface area contributed by atoms with Gasteiger partial charge in [-0.15, -0.1) is 0 Å². The molecule has 7 nitrogen and oxygen atoms in total. The molecule has 132 valence electrons. The predicted molar refractivity (Wildman–Crippen MR) is 94.4 cm³/mol. The van der Waals surface area contributed by atoms with E-state index in [2.05, 4.69) is 10.1 Å². The van der Waals surface area contributed by atoms with Crippen LogP contribution in [0.15, 0.2) is 63.8 Å². The quantitative estimate of drug-likeness (QED) is 0.560. The number of ether oxygens (including phenoxy) is 2. The molecule has 3 rings (SSSR count). The van der Waals surface area contributed by atoms with Crippen LogP contribution in [0.2, 0.25) is 0 Å². The van der Waals surface area contributed by atoms with E-state index in [9.17, 15) is 14.4 Å². The molecule has 1 heterocycles. The minimum absolute atomic E-state index is 0.221. The molecule has 1 amide bonds. The van der Waals surface area contributed by atoms with Gasteiger partial charge >= 0.3 is 11.6 Å². The lowest BCUT2D eigenvalue weighted by Crippen LogP contribution is -2.20. The van der Waals surface area contributed by atoms with Gasteiger partial charge in [-0.25, -0.2) is 9.59 Å². The van der Waals surface area contributed by atoms with Gasteiger partial charge in [0.15, 0.2) is 6.61 Å². The number of carbonyl (C=O) groups is 2. The first-order valence-corrected chi connectivity index (χ1v) is 7.70. The van der Waals surface area contributed by atoms with Crippen molar-refractivity contribution in [2.24, 2.45) is 0 Å². The summed E-state index contributed by atoms with van der Waals surface area (Å²) in [6.07, 6.45) is 0. The predicted octanol–water partition coefficient (Wildman–Crippen LogP) is 2.60. The first-order chi connectivity index (χ1) is 12.5. The van der Waals surface area contributed by atoms with E-state index in [1.54, 1.807) is 48.5 Å². The standard InChI is InChI=1S/C19H15NO6/c1-24-19(23)13-2-6-14(7-3-13)20-17(21)11-25-15-8-4-12-5-9-18(22)26-16(12)10-15/h2-10H,11H2,1H3,(H,20,21). The summed E-state index contributed by atoms with van der Waals surface area (Å²) in [6, 6.07) is 14.2. The number of amides is 1. The minimum atomic E-state index is -0.456. The Labute approximate surface area is 148 Å². The normalized spacial score (nSPS) is 10.3. The van der Waals surface area contributed by atoms with E-state index in [1.165, 1.54) is 13.2 Å². The largest absolute Gasteiger partial charge is 0.484 e. The van der Waals surface area contributed by atoms with Gasteiger partial charge in [-0.2, -0.15) is 0 Å². The summed E-state index contributed by atoms with van der Waals surface area (Å²) in [6.45, 7) is -0.221. The molecule has 0 radical (unpaired) electrons. The van der Waals surface area contributed by atoms with Gasteiger partial charge in [-0.3, -0.25) is 4.79 Å². The van der Waals surface area contributed by atoms with Crippen LogP contribution < -0.4 is 15.7 Å². The fourth-order valence-corrected chi connectivity index (χ4v) is 2.28. The van der Waals surface area contributed by atoms with Gasteiger partial charge < -0.3 is 19.2 Å². The first-order valence-electron chi connectivity index (χ1n) is 7.70. The van der Waals surface area contributed by atoms with E-state index in [4.69, 9.17) is 9.15 Å².